The zero-order valence-electron chi connectivity index (χ0n) is 22.0. The number of fused-ring (bicyclic) bond motifs is 3. The molecule has 2 heterocycles. The van der Waals surface area contributed by atoms with Gasteiger partial charge in [-0.05, 0) is 59.0 Å². The molecule has 3 aromatic carbocycles. The van der Waals surface area contributed by atoms with Crippen LogP contribution in [-0.2, 0) is 27.2 Å². The van der Waals surface area contributed by atoms with Crippen LogP contribution >= 0.6 is 11.6 Å². The van der Waals surface area contributed by atoms with Gasteiger partial charge >= 0.3 is 5.97 Å². The number of hydrogen-bond donors (Lipinski definition) is 0. The van der Waals surface area contributed by atoms with Crippen molar-refractivity contribution in [2.24, 2.45) is 0 Å². The molecule has 0 spiro atoms. The van der Waals surface area contributed by atoms with Crippen LogP contribution < -0.4 is 9.47 Å². The summed E-state index contributed by atoms with van der Waals surface area (Å²) in [5.74, 6) is 1.14. The van der Waals surface area contributed by atoms with E-state index < -0.39 is 6.10 Å². The number of esters is 1. The lowest BCUT2D eigenvalue weighted by Gasteiger charge is -2.26. The first-order chi connectivity index (χ1) is 19.0. The van der Waals surface area contributed by atoms with Gasteiger partial charge in [0.05, 0.1) is 33.5 Å². The number of aromatic nitrogens is 4. The maximum atomic E-state index is 11.8. The molecule has 10 heteroatoms. The van der Waals surface area contributed by atoms with Gasteiger partial charge in [-0.15, -0.1) is 10.2 Å². The van der Waals surface area contributed by atoms with E-state index in [9.17, 15) is 4.79 Å². The summed E-state index contributed by atoms with van der Waals surface area (Å²) < 4.78 is 23.3. The standard InChI is InChI=1S/C29H29ClN4O5/c1-4-38-27(35)17-26-31-33-34(32-26)15-14-24-21-9-6-5-8-19(21)20-13-12-18(30)16-23(20)28(39-24)22-10-7-11-25(36-2)29(22)37-3/h5-13,16,24,28H,4,14-15,17H2,1-3H3. The van der Waals surface area contributed by atoms with Crippen LogP contribution in [0, 0.1) is 0 Å². The van der Waals surface area contributed by atoms with E-state index >= 15 is 0 Å². The molecule has 4 aromatic rings. The Morgan fingerprint density at radius 1 is 1.00 bits per heavy atom. The number of tetrazole rings is 1. The lowest BCUT2D eigenvalue weighted by Crippen LogP contribution is -2.15. The van der Waals surface area contributed by atoms with Crippen molar-refractivity contribution in [2.45, 2.75) is 38.5 Å². The molecule has 1 aromatic heterocycles. The predicted molar refractivity (Wildman–Crippen MR) is 145 cm³/mol. The van der Waals surface area contributed by atoms with Gasteiger partial charge in [-0.2, -0.15) is 4.80 Å². The second-order valence-corrected chi connectivity index (χ2v) is 9.41. The molecule has 0 aliphatic carbocycles. The van der Waals surface area contributed by atoms with E-state index in [1.807, 2.05) is 48.5 Å². The van der Waals surface area contributed by atoms with Crippen LogP contribution in [0.3, 0.4) is 0 Å². The summed E-state index contributed by atoms with van der Waals surface area (Å²) in [7, 11) is 3.23. The van der Waals surface area contributed by atoms with Gasteiger partial charge in [0.1, 0.15) is 12.5 Å². The molecule has 1 aliphatic rings. The van der Waals surface area contributed by atoms with Crippen LogP contribution in [0.15, 0.2) is 60.7 Å². The molecular weight excluding hydrogens is 520 g/mol. The summed E-state index contributed by atoms with van der Waals surface area (Å²) in [5.41, 5.74) is 4.89. The van der Waals surface area contributed by atoms with Crippen molar-refractivity contribution in [1.29, 1.82) is 0 Å². The van der Waals surface area contributed by atoms with Gasteiger partial charge in [0, 0.05) is 10.6 Å². The van der Waals surface area contributed by atoms with Gasteiger partial charge in [0.25, 0.3) is 0 Å². The normalized spacial score (nSPS) is 16.1. The number of carbonyl (C=O) groups excluding carboxylic acids is 1. The summed E-state index contributed by atoms with van der Waals surface area (Å²) in [6, 6.07) is 19.8. The highest BCUT2D eigenvalue weighted by atomic mass is 35.5. The zero-order chi connectivity index (χ0) is 27.4. The summed E-state index contributed by atoms with van der Waals surface area (Å²) >= 11 is 6.51. The minimum absolute atomic E-state index is 0.0234. The third-order valence-corrected chi connectivity index (χ3v) is 6.84. The molecule has 9 nitrogen and oxygen atoms in total. The van der Waals surface area contributed by atoms with E-state index in [0.717, 1.165) is 27.8 Å². The number of ether oxygens (including phenoxy) is 4. The summed E-state index contributed by atoms with van der Waals surface area (Å²) in [6.45, 7) is 2.49. The molecule has 2 atom stereocenters. The van der Waals surface area contributed by atoms with Crippen molar-refractivity contribution in [3.8, 4) is 22.6 Å². The fourth-order valence-corrected chi connectivity index (χ4v) is 5.11. The van der Waals surface area contributed by atoms with Gasteiger partial charge in [-0.3, -0.25) is 4.79 Å². The molecular formula is C29H29ClN4O5. The van der Waals surface area contributed by atoms with Crippen molar-refractivity contribution in [1.82, 2.24) is 20.2 Å². The first-order valence-electron chi connectivity index (χ1n) is 12.7. The number of hydrogen-bond acceptors (Lipinski definition) is 8. The number of aryl methyl sites for hydroxylation is 1. The Morgan fingerprint density at radius 2 is 1.79 bits per heavy atom. The van der Waals surface area contributed by atoms with Crippen LogP contribution in [0.5, 0.6) is 11.5 Å². The smallest absolute Gasteiger partial charge is 0.313 e. The predicted octanol–water partition coefficient (Wildman–Crippen LogP) is 5.37. The van der Waals surface area contributed by atoms with Gasteiger partial charge in [0.15, 0.2) is 17.3 Å². The second kappa shape index (κ2) is 11.8. The molecule has 202 valence electrons. The molecule has 39 heavy (non-hydrogen) atoms. The molecule has 1 aliphatic heterocycles. The molecule has 0 amide bonds. The van der Waals surface area contributed by atoms with Crippen LogP contribution in [-0.4, -0.2) is 47.0 Å². The molecule has 5 rings (SSSR count). The average molecular weight is 549 g/mol. The highest BCUT2D eigenvalue weighted by Gasteiger charge is 2.33. The topological polar surface area (TPSA) is 97.6 Å². The largest absolute Gasteiger partial charge is 0.493 e. The third kappa shape index (κ3) is 5.60. The monoisotopic (exact) mass is 548 g/mol. The lowest BCUT2D eigenvalue weighted by atomic mass is 9.90. The van der Waals surface area contributed by atoms with E-state index in [-0.39, 0.29) is 18.5 Å². The van der Waals surface area contributed by atoms with E-state index in [1.54, 1.807) is 21.1 Å². The molecule has 0 N–H and O–H groups in total. The van der Waals surface area contributed by atoms with E-state index in [1.165, 1.54) is 4.80 Å². The van der Waals surface area contributed by atoms with Crippen LogP contribution in [0.2, 0.25) is 5.02 Å². The Balaban J connectivity index is 1.52. The van der Waals surface area contributed by atoms with E-state index in [4.69, 9.17) is 30.5 Å². The van der Waals surface area contributed by atoms with E-state index in [0.29, 0.717) is 41.9 Å². The van der Waals surface area contributed by atoms with E-state index in [2.05, 4.69) is 27.5 Å². The third-order valence-electron chi connectivity index (χ3n) is 6.60. The van der Waals surface area contributed by atoms with Gasteiger partial charge in [-0.1, -0.05) is 54.1 Å². The number of benzene rings is 3. The van der Waals surface area contributed by atoms with Crippen molar-refractivity contribution in [3.05, 3.63) is 88.2 Å². The van der Waals surface area contributed by atoms with Gasteiger partial charge in [-0.25, -0.2) is 0 Å². The highest BCUT2D eigenvalue weighted by Crippen LogP contribution is 2.49. The van der Waals surface area contributed by atoms with Crippen molar-refractivity contribution in [3.63, 3.8) is 0 Å². The number of carbonyl (C=O) groups is 1. The first kappa shape index (κ1) is 26.6. The fourth-order valence-electron chi connectivity index (χ4n) is 4.93. The summed E-state index contributed by atoms with van der Waals surface area (Å²) in [5, 5.41) is 13.1. The molecule has 0 saturated carbocycles. The molecule has 0 radical (unpaired) electrons. The Labute approximate surface area is 231 Å². The number of para-hydroxylation sites is 1. The maximum absolute atomic E-state index is 11.8. The summed E-state index contributed by atoms with van der Waals surface area (Å²) in [4.78, 5) is 13.3. The fraction of sp³-hybridized carbons (Fsp3) is 0.310. The van der Waals surface area contributed by atoms with Crippen LogP contribution in [0.25, 0.3) is 11.1 Å². The number of halogens is 1. The molecule has 0 bridgehead atoms. The minimum atomic E-state index is -0.496. The quantitative estimate of drug-likeness (QED) is 0.258. The number of nitrogens with zero attached hydrogens (tertiary/aromatic N) is 4. The Kier molecular flexibility index (Phi) is 8.09. The van der Waals surface area contributed by atoms with Gasteiger partial charge in [0.2, 0.25) is 0 Å². The Morgan fingerprint density at radius 3 is 2.59 bits per heavy atom. The van der Waals surface area contributed by atoms with Crippen molar-refractivity contribution in [2.75, 3.05) is 20.8 Å². The second-order valence-electron chi connectivity index (χ2n) is 8.98. The number of methoxy groups -OCH3 is 2. The Bertz CT molecular complexity index is 1470. The maximum Gasteiger partial charge on any atom is 0.313 e. The lowest BCUT2D eigenvalue weighted by molar-refractivity contribution is -0.142. The molecule has 0 saturated heterocycles. The number of rotatable bonds is 9. The average Bonchev–Trinajstić information content (AvgIpc) is 3.34. The zero-order valence-corrected chi connectivity index (χ0v) is 22.7. The minimum Gasteiger partial charge on any atom is -0.493 e. The van der Waals surface area contributed by atoms with Crippen molar-refractivity contribution >= 4 is 17.6 Å². The SMILES string of the molecule is CCOC(=O)Cc1nnn(CCC2OC(c3cccc(OC)c3OC)c3cc(Cl)ccc3-c3ccccc32)n1. The van der Waals surface area contributed by atoms with Crippen LogP contribution in [0.4, 0.5) is 0 Å². The first-order valence-corrected chi connectivity index (χ1v) is 13.1. The highest BCUT2D eigenvalue weighted by molar-refractivity contribution is 6.30. The van der Waals surface area contributed by atoms with Crippen LogP contribution in [0.1, 0.15) is 48.1 Å². The van der Waals surface area contributed by atoms with Crippen molar-refractivity contribution < 1.29 is 23.7 Å². The molecule has 0 fully saturated rings. The van der Waals surface area contributed by atoms with Gasteiger partial charge < -0.3 is 18.9 Å². The Hall–Kier alpha value is -3.95. The molecule has 2 unspecified atom stereocenters. The summed E-state index contributed by atoms with van der Waals surface area (Å²) in [6.07, 6.45) is -0.293.